The molecule has 1 saturated heterocycles. The van der Waals surface area contributed by atoms with Crippen molar-refractivity contribution in [3.05, 3.63) is 65.7 Å². The van der Waals surface area contributed by atoms with Crippen LogP contribution in [-0.2, 0) is 16.0 Å². The van der Waals surface area contributed by atoms with Crippen LogP contribution in [0.25, 0.3) is 0 Å². The number of piperidine rings is 1. The number of carbonyl (C=O) groups excluding carboxylic acids is 2. The largest absolute Gasteiger partial charge is 0.457 e. The summed E-state index contributed by atoms with van der Waals surface area (Å²) in [7, 11) is 0. The Morgan fingerprint density at radius 1 is 1.17 bits per heavy atom. The molecule has 0 aromatic heterocycles. The third kappa shape index (κ3) is 6.34. The molecule has 1 aliphatic rings. The van der Waals surface area contributed by atoms with Crippen molar-refractivity contribution in [3.8, 4) is 0 Å². The zero-order valence-corrected chi connectivity index (χ0v) is 18.2. The van der Waals surface area contributed by atoms with Crippen molar-refractivity contribution in [2.45, 2.75) is 44.8 Å². The highest BCUT2D eigenvalue weighted by atomic mass is 32.1. The first-order valence-corrected chi connectivity index (χ1v) is 11.2. The van der Waals surface area contributed by atoms with E-state index >= 15 is 0 Å². The van der Waals surface area contributed by atoms with Crippen LogP contribution in [0.5, 0.6) is 0 Å². The molecule has 3 atom stereocenters. The number of ether oxygens (including phenoxy) is 1. The number of thiol groups is 1. The van der Waals surface area contributed by atoms with Crippen molar-refractivity contribution in [3.63, 3.8) is 0 Å². The molecule has 3 unspecified atom stereocenters. The Hall–Kier alpha value is -2.31. The normalized spacial score (nSPS) is 18.3. The van der Waals surface area contributed by atoms with Gasteiger partial charge in [0.2, 0.25) is 5.91 Å². The Bertz CT molecular complexity index is 837. The summed E-state index contributed by atoms with van der Waals surface area (Å²) in [6, 6.07) is 17.0. The van der Waals surface area contributed by atoms with Gasteiger partial charge in [0, 0.05) is 17.5 Å². The molecule has 0 radical (unpaired) electrons. The van der Waals surface area contributed by atoms with E-state index in [2.05, 4.69) is 23.3 Å². The van der Waals surface area contributed by atoms with Gasteiger partial charge in [-0.3, -0.25) is 4.79 Å². The minimum Gasteiger partial charge on any atom is -0.457 e. The highest BCUT2D eigenvalue weighted by molar-refractivity contribution is 7.80. The van der Waals surface area contributed by atoms with E-state index in [1.54, 1.807) is 24.3 Å². The smallest absolute Gasteiger partial charge is 0.338 e. The summed E-state index contributed by atoms with van der Waals surface area (Å²) in [4.78, 5) is 25.3. The van der Waals surface area contributed by atoms with Crippen molar-refractivity contribution >= 4 is 30.2 Å². The van der Waals surface area contributed by atoms with Crippen LogP contribution in [0.2, 0.25) is 0 Å². The monoisotopic (exact) mass is 426 g/mol. The lowest BCUT2D eigenvalue weighted by Gasteiger charge is -2.28. The first kappa shape index (κ1) is 22.4. The number of rotatable bonds is 8. The van der Waals surface area contributed by atoms with Crippen molar-refractivity contribution in [2.75, 3.05) is 17.6 Å². The Kier molecular flexibility index (Phi) is 8.34. The summed E-state index contributed by atoms with van der Waals surface area (Å²) in [5.74, 6) is -0.308. The summed E-state index contributed by atoms with van der Waals surface area (Å²) >= 11 is 4.35. The summed E-state index contributed by atoms with van der Waals surface area (Å²) in [5.41, 5.74) is 2.10. The van der Waals surface area contributed by atoms with Crippen molar-refractivity contribution in [2.24, 2.45) is 5.92 Å². The Labute approximate surface area is 184 Å². The number of carbonyl (C=O) groups is 2. The van der Waals surface area contributed by atoms with Crippen LogP contribution < -0.4 is 10.6 Å². The number of nitrogens with one attached hydrogen (secondary N) is 2. The quantitative estimate of drug-likeness (QED) is 0.439. The third-order valence-corrected chi connectivity index (χ3v) is 5.93. The zero-order valence-electron chi connectivity index (χ0n) is 17.3. The van der Waals surface area contributed by atoms with E-state index in [1.807, 2.05) is 37.3 Å². The average molecular weight is 427 g/mol. The lowest BCUT2D eigenvalue weighted by Crippen LogP contribution is -2.43. The maximum Gasteiger partial charge on any atom is 0.338 e. The predicted molar refractivity (Wildman–Crippen MR) is 123 cm³/mol. The Morgan fingerprint density at radius 3 is 2.67 bits per heavy atom. The van der Waals surface area contributed by atoms with Gasteiger partial charge in [0.1, 0.15) is 6.10 Å². The highest BCUT2D eigenvalue weighted by Crippen LogP contribution is 2.18. The molecule has 0 bridgehead atoms. The van der Waals surface area contributed by atoms with Gasteiger partial charge in [-0.05, 0) is 56.5 Å². The van der Waals surface area contributed by atoms with E-state index in [0.29, 0.717) is 23.4 Å². The average Bonchev–Trinajstić information content (AvgIpc) is 2.78. The van der Waals surface area contributed by atoms with Crippen molar-refractivity contribution in [1.29, 1.82) is 0 Å². The van der Waals surface area contributed by atoms with Gasteiger partial charge < -0.3 is 15.4 Å². The van der Waals surface area contributed by atoms with Gasteiger partial charge in [-0.15, -0.1) is 0 Å². The van der Waals surface area contributed by atoms with E-state index in [9.17, 15) is 9.59 Å². The fourth-order valence-corrected chi connectivity index (χ4v) is 4.00. The molecule has 3 rings (SSSR count). The van der Waals surface area contributed by atoms with Gasteiger partial charge >= 0.3 is 5.97 Å². The van der Waals surface area contributed by atoms with E-state index < -0.39 is 0 Å². The van der Waals surface area contributed by atoms with Crippen molar-refractivity contribution in [1.82, 2.24) is 5.32 Å². The number of esters is 1. The van der Waals surface area contributed by atoms with Gasteiger partial charge in [0.15, 0.2) is 0 Å². The lowest BCUT2D eigenvalue weighted by atomic mass is 10.00. The minimum atomic E-state index is -0.374. The molecule has 1 heterocycles. The maximum absolute atomic E-state index is 12.7. The fourth-order valence-electron chi connectivity index (χ4n) is 3.71. The van der Waals surface area contributed by atoms with E-state index in [0.717, 1.165) is 31.4 Å². The molecule has 1 aliphatic heterocycles. The molecule has 0 saturated carbocycles. The van der Waals surface area contributed by atoms with Crippen LogP contribution in [0.15, 0.2) is 54.6 Å². The first-order chi connectivity index (χ1) is 14.6. The third-order valence-electron chi connectivity index (χ3n) is 5.49. The molecular formula is C24H30N2O3S. The maximum atomic E-state index is 12.7. The zero-order chi connectivity index (χ0) is 21.3. The molecule has 2 N–H and O–H groups in total. The number of anilines is 1. The van der Waals surface area contributed by atoms with Crippen LogP contribution in [-0.4, -0.2) is 36.3 Å². The number of benzene rings is 2. The molecule has 0 spiro atoms. The molecular weight excluding hydrogens is 396 g/mol. The fraction of sp³-hybridized carbons (Fsp3) is 0.417. The van der Waals surface area contributed by atoms with Gasteiger partial charge in [0.25, 0.3) is 0 Å². The second-order valence-electron chi connectivity index (χ2n) is 7.81. The summed E-state index contributed by atoms with van der Waals surface area (Å²) < 4.78 is 5.66. The van der Waals surface area contributed by atoms with E-state index in [4.69, 9.17) is 4.74 Å². The summed E-state index contributed by atoms with van der Waals surface area (Å²) in [5, 5.41) is 6.33. The number of amides is 1. The van der Waals surface area contributed by atoms with Crippen molar-refractivity contribution < 1.29 is 14.3 Å². The second kappa shape index (κ2) is 11.2. The molecule has 0 aliphatic carbocycles. The molecule has 30 heavy (non-hydrogen) atoms. The standard InChI is InChI=1S/C24H30N2O3S/c1-17(22-12-5-6-13-25-22)29-24(28)19-10-7-11-21(15-19)26-23(27)20(16-30)14-18-8-3-2-4-9-18/h2-4,7-11,15,17,20,22,25,30H,5-6,12-14,16H2,1H3,(H,26,27). The second-order valence-corrected chi connectivity index (χ2v) is 8.17. The molecule has 2 aromatic rings. The topological polar surface area (TPSA) is 67.4 Å². The molecule has 1 amide bonds. The summed E-state index contributed by atoms with van der Waals surface area (Å²) in [6.07, 6.45) is 3.74. The minimum absolute atomic E-state index is 0.112. The van der Waals surface area contributed by atoms with E-state index in [-0.39, 0.29) is 29.9 Å². The van der Waals surface area contributed by atoms with Gasteiger partial charge in [-0.25, -0.2) is 4.79 Å². The predicted octanol–water partition coefficient (Wildman–Crippen LogP) is 4.10. The Morgan fingerprint density at radius 2 is 1.97 bits per heavy atom. The molecule has 160 valence electrons. The Balaban J connectivity index is 1.59. The van der Waals surface area contributed by atoms with Crippen LogP contribution in [0, 0.1) is 5.92 Å². The van der Waals surface area contributed by atoms with Gasteiger partial charge in [-0.2, -0.15) is 12.6 Å². The number of hydrogen-bond donors (Lipinski definition) is 3. The van der Waals surface area contributed by atoms with Crippen LogP contribution in [0.3, 0.4) is 0 Å². The molecule has 6 heteroatoms. The summed E-state index contributed by atoms with van der Waals surface area (Å²) in [6.45, 7) is 2.89. The molecule has 1 fully saturated rings. The lowest BCUT2D eigenvalue weighted by molar-refractivity contribution is -0.119. The van der Waals surface area contributed by atoms with Crippen LogP contribution >= 0.6 is 12.6 Å². The SMILES string of the molecule is CC(OC(=O)c1cccc(NC(=O)C(CS)Cc2ccccc2)c1)C1CCCCN1. The molecule has 5 nitrogen and oxygen atoms in total. The number of hydrogen-bond acceptors (Lipinski definition) is 5. The van der Waals surface area contributed by atoms with E-state index in [1.165, 1.54) is 0 Å². The van der Waals surface area contributed by atoms with Gasteiger partial charge in [0.05, 0.1) is 11.5 Å². The van der Waals surface area contributed by atoms with Crippen LogP contribution in [0.1, 0.15) is 42.1 Å². The first-order valence-electron chi connectivity index (χ1n) is 10.6. The molecule has 2 aromatic carbocycles. The van der Waals surface area contributed by atoms with Gasteiger partial charge in [-0.1, -0.05) is 42.8 Å². The highest BCUT2D eigenvalue weighted by Gasteiger charge is 2.23. The van der Waals surface area contributed by atoms with Crippen LogP contribution in [0.4, 0.5) is 5.69 Å².